The van der Waals surface area contributed by atoms with Gasteiger partial charge in [-0.05, 0) is 36.4 Å². The summed E-state index contributed by atoms with van der Waals surface area (Å²) in [5.41, 5.74) is -0.750. The first kappa shape index (κ1) is 42.5. The van der Waals surface area contributed by atoms with Crippen molar-refractivity contribution in [1.82, 2.24) is 0 Å². The number of nitrogen functional groups attached to an aromatic ring is 1. The Morgan fingerprint density at radius 3 is 1.67 bits per heavy atom. The first-order chi connectivity index (χ1) is 26.7. The summed E-state index contributed by atoms with van der Waals surface area (Å²) in [5.74, 6) is -4.25. The van der Waals surface area contributed by atoms with E-state index >= 15 is 0 Å². The third-order valence-electron chi connectivity index (χ3n) is 7.72. The van der Waals surface area contributed by atoms with Crippen molar-refractivity contribution < 1.29 is 76.9 Å². The molecule has 5 aromatic carbocycles. The molecular formula is C28H20N8O18S4. The highest BCUT2D eigenvalue weighted by Crippen LogP contribution is 2.49. The van der Waals surface area contributed by atoms with Gasteiger partial charge in [0.15, 0.2) is 11.5 Å². The normalized spacial score (nSPS) is 13.1. The Morgan fingerprint density at radius 1 is 0.638 bits per heavy atom. The Morgan fingerprint density at radius 2 is 1.16 bits per heavy atom. The van der Waals surface area contributed by atoms with Crippen molar-refractivity contribution in [3.05, 3.63) is 64.2 Å². The summed E-state index contributed by atoms with van der Waals surface area (Å²) in [7, 11) is -20.7. The minimum absolute atomic E-state index is 0.346. The zero-order valence-electron chi connectivity index (χ0n) is 28.1. The number of rotatable bonds is 11. The number of fused-ring (bicyclic) bond motifs is 2. The number of azo groups is 3. The second-order valence-electron chi connectivity index (χ2n) is 11.2. The lowest BCUT2D eigenvalue weighted by molar-refractivity contribution is -0.384. The predicted octanol–water partition coefficient (Wildman–Crippen LogP) is 5.12. The van der Waals surface area contributed by atoms with Crippen LogP contribution in [0.4, 0.5) is 39.8 Å². The van der Waals surface area contributed by atoms with Crippen LogP contribution in [-0.4, -0.2) is 85.1 Å². The first-order valence-corrected chi connectivity index (χ1v) is 20.4. The van der Waals surface area contributed by atoms with Crippen molar-refractivity contribution in [1.29, 1.82) is 0 Å². The Bertz CT molecular complexity index is 3220. The predicted molar refractivity (Wildman–Crippen MR) is 194 cm³/mol. The van der Waals surface area contributed by atoms with Crippen LogP contribution in [0.25, 0.3) is 21.5 Å². The molecule has 30 heteroatoms. The lowest BCUT2D eigenvalue weighted by Gasteiger charge is -2.15. The van der Waals surface area contributed by atoms with Gasteiger partial charge in [0.25, 0.3) is 46.2 Å². The summed E-state index contributed by atoms with van der Waals surface area (Å²) in [6.45, 7) is 0. The average Bonchev–Trinajstić information content (AvgIpc) is 3.09. The van der Waals surface area contributed by atoms with Crippen LogP contribution >= 0.6 is 0 Å². The topological polar surface area (TPSA) is 439 Å². The highest BCUT2D eigenvalue weighted by atomic mass is 32.2. The molecule has 0 radical (unpaired) electrons. The molecule has 0 bridgehead atoms. The van der Waals surface area contributed by atoms with Crippen molar-refractivity contribution in [3.63, 3.8) is 0 Å². The number of phenolic OH excluding ortho intramolecular Hbond substituents is 2. The van der Waals surface area contributed by atoms with E-state index in [0.717, 1.165) is 31.3 Å². The number of nitro groups is 1. The van der Waals surface area contributed by atoms with Crippen LogP contribution in [0.5, 0.6) is 11.5 Å². The molecule has 26 nitrogen and oxygen atoms in total. The first-order valence-electron chi connectivity index (χ1n) is 14.7. The monoisotopic (exact) mass is 884 g/mol. The van der Waals surface area contributed by atoms with E-state index in [0.29, 0.717) is 24.3 Å². The van der Waals surface area contributed by atoms with E-state index in [1.54, 1.807) is 0 Å². The lowest BCUT2D eigenvalue weighted by Crippen LogP contribution is -2.04. The van der Waals surface area contributed by atoms with Gasteiger partial charge < -0.3 is 21.1 Å². The number of benzene rings is 5. The molecule has 0 aliphatic heterocycles. The molecular weight excluding hydrogens is 865 g/mol. The standard InChI is InChI=1S/C28H20N8O18S4/c1-30-34-23-19(56(46,47)48)7-12-11(25(23)37)3-5-16(27(12)58(52,53)54)32-33-17-9-18(55(43,44)45)14-8-20(57(49,50)51)24(26(38)21(14)22(17)29)35-31-15-4-2-10(36(41)42)6-13(15)28(39)40/h2-9,37-38H,29H2,1H3,(H,39,40)(H,43,44,45)(H,46,47,48)(H,49,50,51)(H,52,53,54). The van der Waals surface area contributed by atoms with Crippen molar-refractivity contribution >= 4 is 108 Å². The molecule has 0 saturated carbocycles. The van der Waals surface area contributed by atoms with Gasteiger partial charge in [-0.2, -0.15) is 43.9 Å². The van der Waals surface area contributed by atoms with Crippen LogP contribution in [0.1, 0.15) is 10.4 Å². The van der Waals surface area contributed by atoms with Gasteiger partial charge >= 0.3 is 5.97 Å². The van der Waals surface area contributed by atoms with E-state index in [2.05, 4.69) is 30.7 Å². The molecule has 0 unspecified atom stereocenters. The number of carboxylic acids is 1. The summed E-state index contributed by atoms with van der Waals surface area (Å²) in [4.78, 5) is 16.8. The summed E-state index contributed by atoms with van der Waals surface area (Å²) in [6, 6.07) is 5.08. The van der Waals surface area contributed by atoms with E-state index < -0.39 is 149 Å². The Labute approximate surface area is 322 Å². The Kier molecular flexibility index (Phi) is 10.8. The van der Waals surface area contributed by atoms with Gasteiger partial charge in [-0.3, -0.25) is 28.3 Å². The van der Waals surface area contributed by atoms with Gasteiger partial charge in [0.2, 0.25) is 0 Å². The quantitative estimate of drug-likeness (QED) is 0.0280. The summed E-state index contributed by atoms with van der Waals surface area (Å²) in [5, 5.41) is 60.6. The van der Waals surface area contributed by atoms with E-state index in [9.17, 15) is 82.1 Å². The van der Waals surface area contributed by atoms with Crippen LogP contribution in [-0.2, 0) is 40.5 Å². The molecule has 0 fully saturated rings. The van der Waals surface area contributed by atoms with E-state index in [1.807, 2.05) is 0 Å². The van der Waals surface area contributed by atoms with Crippen molar-refractivity contribution in [2.45, 2.75) is 19.6 Å². The fourth-order valence-corrected chi connectivity index (χ4v) is 8.15. The maximum Gasteiger partial charge on any atom is 0.338 e. The van der Waals surface area contributed by atoms with Crippen LogP contribution in [0.15, 0.2) is 98.8 Å². The van der Waals surface area contributed by atoms with Gasteiger partial charge in [0, 0.05) is 35.3 Å². The van der Waals surface area contributed by atoms with Crippen molar-refractivity contribution in [2.75, 3.05) is 12.8 Å². The third-order valence-corrected chi connectivity index (χ3v) is 11.3. The average molecular weight is 885 g/mol. The minimum Gasteiger partial charge on any atom is -0.505 e. The zero-order chi connectivity index (χ0) is 43.4. The number of phenols is 2. The van der Waals surface area contributed by atoms with Crippen LogP contribution in [0, 0.1) is 10.1 Å². The molecule has 5 rings (SSSR count). The number of nitrogens with two attached hydrogens (primary N) is 1. The molecule has 9 N–H and O–H groups in total. The number of aromatic carboxylic acids is 1. The summed E-state index contributed by atoms with van der Waals surface area (Å²) >= 11 is 0. The molecule has 0 aliphatic rings. The molecule has 5 aromatic rings. The number of non-ortho nitro benzene ring substituents is 1. The molecule has 0 atom stereocenters. The maximum absolute atomic E-state index is 12.7. The molecule has 0 aromatic heterocycles. The Hall–Kier alpha value is -6.67. The summed E-state index contributed by atoms with van der Waals surface area (Å²) < 4.78 is 140. The fourth-order valence-electron chi connectivity index (χ4n) is 5.33. The number of hydrogen-bond acceptors (Lipinski definition) is 20. The smallest absolute Gasteiger partial charge is 0.338 e. The number of anilines is 1. The van der Waals surface area contributed by atoms with Crippen LogP contribution in [0.3, 0.4) is 0 Å². The lowest BCUT2D eigenvalue weighted by atomic mass is 10.0. The maximum atomic E-state index is 12.7. The van der Waals surface area contributed by atoms with E-state index in [1.165, 1.54) is 0 Å². The largest absolute Gasteiger partial charge is 0.505 e. The molecule has 304 valence electrons. The zero-order valence-corrected chi connectivity index (χ0v) is 31.3. The van der Waals surface area contributed by atoms with Crippen LogP contribution < -0.4 is 5.73 Å². The molecule has 0 aliphatic carbocycles. The number of nitro benzene ring substituents is 1. The van der Waals surface area contributed by atoms with Gasteiger partial charge in [-0.1, -0.05) is 0 Å². The van der Waals surface area contributed by atoms with Gasteiger partial charge in [-0.25, -0.2) is 4.79 Å². The van der Waals surface area contributed by atoms with E-state index in [-0.39, 0.29) is 0 Å². The fraction of sp³-hybridized carbons (Fsp3) is 0.0357. The van der Waals surface area contributed by atoms with Gasteiger partial charge in [-0.15, -0.1) is 20.5 Å². The number of hydrogen-bond donors (Lipinski definition) is 8. The second-order valence-corrected chi connectivity index (χ2v) is 16.8. The number of aromatic hydroxyl groups is 2. The molecule has 58 heavy (non-hydrogen) atoms. The van der Waals surface area contributed by atoms with Crippen molar-refractivity contribution in [3.8, 4) is 11.5 Å². The van der Waals surface area contributed by atoms with E-state index in [4.69, 9.17) is 5.73 Å². The molecule has 0 saturated heterocycles. The van der Waals surface area contributed by atoms with Crippen LogP contribution in [0.2, 0.25) is 0 Å². The third kappa shape index (κ3) is 7.96. The molecule has 0 amide bonds. The SMILES string of the molecule is CN=Nc1c(S(=O)(=O)O)cc2c(S(=O)(=O)O)c(N=Nc3cc(S(=O)(=O)O)c4cc(S(=O)(=O)O)c(N=Nc5ccc([N+](=O)[O-])cc5C(=O)O)c(O)c4c3N)ccc2c1O. The number of nitrogens with zero attached hydrogens (tertiary/aromatic N) is 7. The highest BCUT2D eigenvalue weighted by Gasteiger charge is 2.30. The molecule has 0 spiro atoms. The van der Waals surface area contributed by atoms with Crippen molar-refractivity contribution in [2.24, 2.45) is 30.7 Å². The highest BCUT2D eigenvalue weighted by molar-refractivity contribution is 7.87. The Balaban J connectivity index is 1.84. The minimum atomic E-state index is -5.53. The van der Waals surface area contributed by atoms with Gasteiger partial charge in [0.1, 0.15) is 48.0 Å². The second kappa shape index (κ2) is 14.7. The number of carboxylic acid groups (broad SMARTS) is 1. The molecule has 0 heterocycles. The summed E-state index contributed by atoms with van der Waals surface area (Å²) in [6.07, 6.45) is 0. The van der Waals surface area contributed by atoms with Gasteiger partial charge in [0.05, 0.1) is 21.6 Å². The number of carbonyl (C=O) groups is 1.